The molecule has 3 N–H and O–H groups in total. The van der Waals surface area contributed by atoms with Gasteiger partial charge >= 0.3 is 0 Å². The summed E-state index contributed by atoms with van der Waals surface area (Å²) in [4.78, 5) is 34.7. The van der Waals surface area contributed by atoms with E-state index in [-0.39, 0.29) is 18.4 Å². The molecule has 0 saturated carbocycles. The van der Waals surface area contributed by atoms with Gasteiger partial charge in [-0.15, -0.1) is 0 Å². The number of piperazine rings is 1. The van der Waals surface area contributed by atoms with Gasteiger partial charge in [0.2, 0.25) is 5.91 Å². The monoisotopic (exact) mass is 441 g/mol. The molecule has 162 valence electrons. The topological polar surface area (TPSA) is 99.3 Å². The summed E-state index contributed by atoms with van der Waals surface area (Å²) < 4.78 is 5.30. The Morgan fingerprint density at radius 1 is 1.32 bits per heavy atom. The van der Waals surface area contributed by atoms with Crippen LogP contribution in [0.15, 0.2) is 36.4 Å². The highest BCUT2D eigenvalue weighted by atomic mass is 35.5. The number of halogens is 1. The Kier molecular flexibility index (Phi) is 6.22. The summed E-state index contributed by atoms with van der Waals surface area (Å²) in [5.41, 5.74) is 3.74. The van der Waals surface area contributed by atoms with Crippen molar-refractivity contribution in [3.63, 3.8) is 0 Å². The summed E-state index contributed by atoms with van der Waals surface area (Å²) in [6, 6.07) is 10.3. The van der Waals surface area contributed by atoms with Crippen molar-refractivity contribution in [2.45, 2.75) is 13.0 Å². The fourth-order valence-corrected chi connectivity index (χ4v) is 3.90. The molecule has 3 aromatic rings. The van der Waals surface area contributed by atoms with E-state index in [1.807, 2.05) is 19.1 Å². The number of nitrogens with one attached hydrogen (secondary N) is 3. The van der Waals surface area contributed by atoms with Crippen LogP contribution in [0.25, 0.3) is 11.0 Å². The average Bonchev–Trinajstić information content (AvgIpc) is 3.17. The number of amides is 2. The number of nitrogens with zero attached hydrogens (tertiary/aromatic N) is 2. The highest BCUT2D eigenvalue weighted by molar-refractivity contribution is 6.31. The first-order valence-corrected chi connectivity index (χ1v) is 10.4. The van der Waals surface area contributed by atoms with Crippen LogP contribution in [0.2, 0.25) is 5.02 Å². The highest BCUT2D eigenvalue weighted by Crippen LogP contribution is 2.24. The molecule has 1 aromatic heterocycles. The van der Waals surface area contributed by atoms with Gasteiger partial charge in [-0.2, -0.15) is 0 Å². The number of imidazole rings is 1. The van der Waals surface area contributed by atoms with Crippen LogP contribution in [0, 0.1) is 6.92 Å². The molecule has 1 aliphatic heterocycles. The number of carbonyl (C=O) groups excluding carboxylic acids is 2. The van der Waals surface area contributed by atoms with Gasteiger partial charge in [0.1, 0.15) is 11.9 Å². The number of methoxy groups -OCH3 is 1. The Hall–Kier alpha value is -2.94. The Labute approximate surface area is 184 Å². The minimum absolute atomic E-state index is 0.0247. The Bertz CT molecular complexity index is 1130. The number of benzene rings is 2. The highest BCUT2D eigenvalue weighted by Gasteiger charge is 2.23. The second kappa shape index (κ2) is 9.05. The van der Waals surface area contributed by atoms with Crippen molar-refractivity contribution in [2.24, 2.45) is 0 Å². The van der Waals surface area contributed by atoms with Gasteiger partial charge in [0.05, 0.1) is 24.2 Å². The first-order valence-electron chi connectivity index (χ1n) is 10.0. The third-order valence-electron chi connectivity index (χ3n) is 5.27. The van der Waals surface area contributed by atoms with Crippen LogP contribution in [-0.2, 0) is 9.53 Å². The van der Waals surface area contributed by atoms with Crippen LogP contribution in [0.1, 0.15) is 27.8 Å². The first kappa shape index (κ1) is 21.3. The molecule has 4 rings (SSSR count). The maximum atomic E-state index is 13.0. The van der Waals surface area contributed by atoms with Crippen LogP contribution < -0.4 is 15.5 Å². The molecule has 1 fully saturated rings. The Morgan fingerprint density at radius 2 is 2.16 bits per heavy atom. The third kappa shape index (κ3) is 4.56. The molecular weight excluding hydrogens is 418 g/mol. The molecule has 2 amide bonds. The molecule has 2 heterocycles. The largest absolute Gasteiger partial charge is 0.382 e. The van der Waals surface area contributed by atoms with Gasteiger partial charge in [0.25, 0.3) is 5.91 Å². The summed E-state index contributed by atoms with van der Waals surface area (Å²) in [6.45, 7) is 3.83. The van der Waals surface area contributed by atoms with Gasteiger partial charge in [-0.3, -0.25) is 9.59 Å². The molecule has 9 heteroatoms. The van der Waals surface area contributed by atoms with Crippen LogP contribution >= 0.6 is 11.6 Å². The van der Waals surface area contributed by atoms with Gasteiger partial charge < -0.3 is 25.3 Å². The van der Waals surface area contributed by atoms with Crippen molar-refractivity contribution in [1.29, 1.82) is 0 Å². The molecule has 0 radical (unpaired) electrons. The van der Waals surface area contributed by atoms with E-state index in [9.17, 15) is 9.59 Å². The van der Waals surface area contributed by atoms with Crippen molar-refractivity contribution in [2.75, 3.05) is 38.3 Å². The number of aromatic nitrogens is 2. The van der Waals surface area contributed by atoms with E-state index in [2.05, 4.69) is 20.6 Å². The fraction of sp³-hybridized carbons (Fsp3) is 0.318. The summed E-state index contributed by atoms with van der Waals surface area (Å²) in [5.74, 6) is 0.366. The van der Waals surface area contributed by atoms with E-state index in [1.54, 1.807) is 36.3 Å². The van der Waals surface area contributed by atoms with Crippen molar-refractivity contribution in [3.8, 4) is 0 Å². The maximum absolute atomic E-state index is 13.0. The van der Waals surface area contributed by atoms with Crippen LogP contribution in [0.3, 0.4) is 0 Å². The lowest BCUT2D eigenvalue weighted by Gasteiger charge is -2.29. The zero-order valence-electron chi connectivity index (χ0n) is 17.4. The van der Waals surface area contributed by atoms with E-state index in [1.165, 1.54) is 0 Å². The number of rotatable bonds is 6. The van der Waals surface area contributed by atoms with Crippen molar-refractivity contribution in [1.82, 2.24) is 20.6 Å². The minimum Gasteiger partial charge on any atom is -0.382 e. The molecule has 0 bridgehead atoms. The lowest BCUT2D eigenvalue weighted by molar-refractivity contribution is -0.118. The zero-order valence-corrected chi connectivity index (χ0v) is 18.1. The normalized spacial score (nSPS) is 15.3. The van der Waals surface area contributed by atoms with E-state index in [4.69, 9.17) is 16.3 Å². The molecule has 1 aliphatic rings. The van der Waals surface area contributed by atoms with Crippen molar-refractivity contribution < 1.29 is 14.3 Å². The number of fused-ring (bicyclic) bond motifs is 1. The molecule has 1 unspecified atom stereocenters. The SMILES string of the molecule is COCC(NC(=O)c1ccc(N2CCNCC2=O)c(C)c1)c1nc2ccc(Cl)cc2[nH]1. The first-order chi connectivity index (χ1) is 15.0. The van der Waals surface area contributed by atoms with E-state index >= 15 is 0 Å². The van der Waals surface area contributed by atoms with Crippen LogP contribution in [0.4, 0.5) is 5.69 Å². The maximum Gasteiger partial charge on any atom is 0.251 e. The number of ether oxygens (including phenoxy) is 1. The summed E-state index contributed by atoms with van der Waals surface area (Å²) in [6.07, 6.45) is 0. The van der Waals surface area contributed by atoms with Crippen molar-refractivity contribution >= 4 is 40.1 Å². The average molecular weight is 442 g/mol. The Morgan fingerprint density at radius 3 is 2.90 bits per heavy atom. The summed E-state index contributed by atoms with van der Waals surface area (Å²) >= 11 is 6.06. The summed E-state index contributed by atoms with van der Waals surface area (Å²) in [5, 5.41) is 6.65. The molecule has 1 atom stereocenters. The second-order valence-corrected chi connectivity index (χ2v) is 7.92. The van der Waals surface area contributed by atoms with Crippen molar-refractivity contribution in [3.05, 3.63) is 58.4 Å². The molecule has 0 spiro atoms. The predicted octanol–water partition coefficient (Wildman–Crippen LogP) is 2.58. The predicted molar refractivity (Wildman–Crippen MR) is 120 cm³/mol. The molecular formula is C22H24ClN5O3. The molecule has 1 saturated heterocycles. The van der Waals surface area contributed by atoms with E-state index in [0.717, 1.165) is 28.8 Å². The minimum atomic E-state index is -0.460. The van der Waals surface area contributed by atoms with E-state index < -0.39 is 6.04 Å². The lowest BCUT2D eigenvalue weighted by atomic mass is 10.1. The number of hydrogen-bond acceptors (Lipinski definition) is 5. The van der Waals surface area contributed by atoms with Gasteiger partial charge in [-0.05, 0) is 48.9 Å². The number of aryl methyl sites for hydroxylation is 1. The van der Waals surface area contributed by atoms with Gasteiger partial charge in [0.15, 0.2) is 0 Å². The number of hydrogen-bond donors (Lipinski definition) is 3. The zero-order chi connectivity index (χ0) is 22.0. The van der Waals surface area contributed by atoms with E-state index in [0.29, 0.717) is 29.5 Å². The molecule has 31 heavy (non-hydrogen) atoms. The standard InChI is InChI=1S/C22H24ClN5O3/c1-13-9-14(3-6-19(13)28-8-7-24-11-20(28)29)22(30)27-18(12-31-2)21-25-16-5-4-15(23)10-17(16)26-21/h3-6,9-10,18,24H,7-8,11-12H2,1-2H3,(H,25,26)(H,27,30). The van der Waals surface area contributed by atoms with Gasteiger partial charge in [-0.1, -0.05) is 11.6 Å². The molecule has 0 aliphatic carbocycles. The van der Waals surface area contributed by atoms with Gasteiger partial charge in [0, 0.05) is 36.5 Å². The molecule has 2 aromatic carbocycles. The molecule has 8 nitrogen and oxygen atoms in total. The van der Waals surface area contributed by atoms with Gasteiger partial charge in [-0.25, -0.2) is 4.98 Å². The summed E-state index contributed by atoms with van der Waals surface area (Å²) in [7, 11) is 1.57. The quantitative estimate of drug-likeness (QED) is 0.546. The smallest absolute Gasteiger partial charge is 0.251 e. The Balaban J connectivity index is 1.54. The third-order valence-corrected chi connectivity index (χ3v) is 5.51. The number of carbonyl (C=O) groups is 2. The number of aromatic amines is 1. The van der Waals surface area contributed by atoms with Crippen LogP contribution in [0.5, 0.6) is 0 Å². The van der Waals surface area contributed by atoms with Crippen LogP contribution in [-0.4, -0.2) is 55.1 Å². The fourth-order valence-electron chi connectivity index (χ4n) is 3.72. The number of anilines is 1. The number of H-pyrrole nitrogens is 1. The second-order valence-electron chi connectivity index (χ2n) is 7.49. The lowest BCUT2D eigenvalue weighted by Crippen LogP contribution is -2.48.